The number of hydrogen-bond donors (Lipinski definition) is 0. The molecule has 0 saturated heterocycles. The molecule has 0 bridgehead atoms. The van der Waals surface area contributed by atoms with Crippen LogP contribution in [-0.4, -0.2) is 19.1 Å². The zero-order valence-corrected chi connectivity index (χ0v) is 5.83. The van der Waals surface area contributed by atoms with Crippen LogP contribution in [0.4, 0.5) is 0 Å². The SMILES string of the molecule is [C-]#[N+]C(CC=C)C(=O)OC. The van der Waals surface area contributed by atoms with Gasteiger partial charge in [0.15, 0.2) is 0 Å². The molecule has 3 nitrogen and oxygen atoms in total. The first-order valence-electron chi connectivity index (χ1n) is 2.81. The van der Waals surface area contributed by atoms with Gasteiger partial charge < -0.3 is 9.58 Å². The first-order chi connectivity index (χ1) is 4.76. The van der Waals surface area contributed by atoms with Crippen LogP contribution < -0.4 is 0 Å². The Morgan fingerprint density at radius 1 is 2.00 bits per heavy atom. The van der Waals surface area contributed by atoms with E-state index in [1.165, 1.54) is 13.2 Å². The second kappa shape index (κ2) is 4.57. The van der Waals surface area contributed by atoms with E-state index < -0.39 is 12.0 Å². The molecule has 0 aliphatic heterocycles. The van der Waals surface area contributed by atoms with Gasteiger partial charge in [-0.2, -0.15) is 0 Å². The van der Waals surface area contributed by atoms with Gasteiger partial charge in [0.25, 0.3) is 0 Å². The molecule has 0 aromatic carbocycles. The maximum Gasteiger partial charge on any atom is 0.390 e. The van der Waals surface area contributed by atoms with Crippen molar-refractivity contribution in [3.05, 3.63) is 24.1 Å². The molecule has 0 aliphatic carbocycles. The van der Waals surface area contributed by atoms with Crippen LogP contribution in [0.1, 0.15) is 6.42 Å². The van der Waals surface area contributed by atoms with E-state index in [4.69, 9.17) is 6.57 Å². The van der Waals surface area contributed by atoms with E-state index >= 15 is 0 Å². The van der Waals surface area contributed by atoms with E-state index in [0.29, 0.717) is 6.42 Å². The summed E-state index contributed by atoms with van der Waals surface area (Å²) in [6.07, 6.45) is 1.88. The van der Waals surface area contributed by atoms with Gasteiger partial charge in [-0.15, -0.1) is 6.58 Å². The fourth-order valence-electron chi connectivity index (χ4n) is 0.496. The summed E-state index contributed by atoms with van der Waals surface area (Å²) >= 11 is 0. The maximum absolute atomic E-state index is 10.6. The molecule has 10 heavy (non-hydrogen) atoms. The van der Waals surface area contributed by atoms with Gasteiger partial charge in [0.1, 0.15) is 0 Å². The predicted octanol–water partition coefficient (Wildman–Crippen LogP) is 1.02. The Morgan fingerprint density at radius 3 is 2.90 bits per heavy atom. The summed E-state index contributed by atoms with van der Waals surface area (Å²) in [5.74, 6) is -0.491. The van der Waals surface area contributed by atoms with Crippen molar-refractivity contribution >= 4 is 5.97 Å². The van der Waals surface area contributed by atoms with Crippen LogP contribution in [-0.2, 0) is 9.53 Å². The highest BCUT2D eigenvalue weighted by Gasteiger charge is 2.21. The fraction of sp³-hybridized carbons (Fsp3) is 0.429. The van der Waals surface area contributed by atoms with Crippen molar-refractivity contribution < 1.29 is 9.53 Å². The van der Waals surface area contributed by atoms with E-state index in [1.807, 2.05) is 0 Å². The Bertz CT molecular complexity index is 169. The molecule has 1 atom stereocenters. The minimum Gasteiger partial charge on any atom is -0.463 e. The summed E-state index contributed by atoms with van der Waals surface area (Å²) in [4.78, 5) is 13.7. The van der Waals surface area contributed by atoms with E-state index in [1.54, 1.807) is 0 Å². The number of ether oxygens (including phenoxy) is 1. The van der Waals surface area contributed by atoms with E-state index in [9.17, 15) is 4.79 Å². The first-order valence-corrected chi connectivity index (χ1v) is 2.81. The van der Waals surface area contributed by atoms with Gasteiger partial charge in [0, 0.05) is 0 Å². The summed E-state index contributed by atoms with van der Waals surface area (Å²) in [6, 6.07) is -0.706. The van der Waals surface area contributed by atoms with Crippen molar-refractivity contribution in [2.24, 2.45) is 0 Å². The molecule has 0 aromatic rings. The van der Waals surface area contributed by atoms with Gasteiger partial charge in [0.2, 0.25) is 0 Å². The third-order valence-electron chi connectivity index (χ3n) is 1.02. The second-order valence-corrected chi connectivity index (χ2v) is 1.69. The Kier molecular flexibility index (Phi) is 3.97. The lowest BCUT2D eigenvalue weighted by Gasteiger charge is -1.97. The van der Waals surface area contributed by atoms with Crippen molar-refractivity contribution in [3.8, 4) is 0 Å². The lowest BCUT2D eigenvalue weighted by Crippen LogP contribution is -2.17. The predicted molar refractivity (Wildman–Crippen MR) is 37.2 cm³/mol. The molecule has 0 saturated carbocycles. The first kappa shape index (κ1) is 8.70. The highest BCUT2D eigenvalue weighted by atomic mass is 16.5. The van der Waals surface area contributed by atoms with E-state index in [2.05, 4.69) is 16.2 Å². The molecule has 54 valence electrons. The third-order valence-corrected chi connectivity index (χ3v) is 1.02. The number of rotatable bonds is 3. The Balaban J connectivity index is 3.96. The summed E-state index contributed by atoms with van der Waals surface area (Å²) in [5.41, 5.74) is 0. The maximum atomic E-state index is 10.6. The molecular formula is C7H9NO2. The number of carbonyl (C=O) groups is 1. The molecule has 3 heteroatoms. The highest BCUT2D eigenvalue weighted by Crippen LogP contribution is 1.99. The van der Waals surface area contributed by atoms with Gasteiger partial charge in [-0.05, 0) is 0 Å². The zero-order chi connectivity index (χ0) is 7.98. The Labute approximate surface area is 60.1 Å². The molecule has 0 aromatic heterocycles. The smallest absolute Gasteiger partial charge is 0.390 e. The summed E-state index contributed by atoms with van der Waals surface area (Å²) < 4.78 is 4.36. The van der Waals surface area contributed by atoms with Crippen LogP contribution in [0.25, 0.3) is 4.85 Å². The monoisotopic (exact) mass is 139 g/mol. The Hall–Kier alpha value is -1.30. The van der Waals surface area contributed by atoms with Crippen molar-refractivity contribution in [1.82, 2.24) is 0 Å². The minimum atomic E-state index is -0.706. The highest BCUT2D eigenvalue weighted by molar-refractivity contribution is 5.77. The van der Waals surface area contributed by atoms with Crippen molar-refractivity contribution in [3.63, 3.8) is 0 Å². The molecule has 0 rings (SSSR count). The van der Waals surface area contributed by atoms with E-state index in [0.717, 1.165) is 0 Å². The van der Waals surface area contributed by atoms with Gasteiger partial charge in [0.05, 0.1) is 13.5 Å². The normalized spacial score (nSPS) is 11.2. The van der Waals surface area contributed by atoms with Gasteiger partial charge in [-0.3, -0.25) is 0 Å². The number of esters is 1. The van der Waals surface area contributed by atoms with E-state index in [-0.39, 0.29) is 0 Å². The van der Waals surface area contributed by atoms with Crippen LogP contribution in [0.2, 0.25) is 0 Å². The molecule has 0 radical (unpaired) electrons. The quantitative estimate of drug-likeness (QED) is 0.332. The van der Waals surface area contributed by atoms with Crippen LogP contribution in [0.5, 0.6) is 0 Å². The average molecular weight is 139 g/mol. The topological polar surface area (TPSA) is 30.7 Å². The summed E-state index contributed by atoms with van der Waals surface area (Å²) in [7, 11) is 1.27. The van der Waals surface area contributed by atoms with Crippen LogP contribution in [0.3, 0.4) is 0 Å². The second-order valence-electron chi connectivity index (χ2n) is 1.69. The molecule has 0 heterocycles. The van der Waals surface area contributed by atoms with Crippen molar-refractivity contribution in [2.45, 2.75) is 12.5 Å². The van der Waals surface area contributed by atoms with Gasteiger partial charge >= 0.3 is 12.0 Å². The van der Waals surface area contributed by atoms with Crippen LogP contribution >= 0.6 is 0 Å². The molecule has 0 spiro atoms. The largest absolute Gasteiger partial charge is 0.463 e. The zero-order valence-electron chi connectivity index (χ0n) is 5.83. The van der Waals surface area contributed by atoms with Gasteiger partial charge in [-0.25, -0.2) is 11.4 Å². The molecule has 0 aliphatic rings. The Morgan fingerprint density at radius 2 is 2.60 bits per heavy atom. The molecule has 0 fully saturated rings. The molecular weight excluding hydrogens is 130 g/mol. The average Bonchev–Trinajstić information content (AvgIpc) is 1.99. The van der Waals surface area contributed by atoms with Crippen molar-refractivity contribution in [2.75, 3.05) is 7.11 Å². The van der Waals surface area contributed by atoms with Gasteiger partial charge in [-0.1, -0.05) is 6.08 Å². The number of carbonyl (C=O) groups excluding carboxylic acids is 1. The number of nitrogens with zero attached hydrogens (tertiary/aromatic N) is 1. The lowest BCUT2D eigenvalue weighted by atomic mass is 10.2. The van der Waals surface area contributed by atoms with Crippen molar-refractivity contribution in [1.29, 1.82) is 0 Å². The fourth-order valence-corrected chi connectivity index (χ4v) is 0.496. The molecule has 1 unspecified atom stereocenters. The standard InChI is InChI=1S/C7H9NO2/c1-4-5-6(8-2)7(9)10-3/h4,6H,1,5H2,3H3. The minimum absolute atomic E-state index is 0.357. The summed E-state index contributed by atoms with van der Waals surface area (Å²) in [5, 5.41) is 0. The molecule has 0 amide bonds. The molecule has 0 N–H and O–H groups in total. The summed E-state index contributed by atoms with van der Waals surface area (Å²) in [6.45, 7) is 9.99. The lowest BCUT2D eigenvalue weighted by molar-refractivity contribution is -0.141. The third kappa shape index (κ3) is 2.31. The van der Waals surface area contributed by atoms with Crippen LogP contribution in [0, 0.1) is 6.57 Å². The number of methoxy groups -OCH3 is 1. The van der Waals surface area contributed by atoms with Crippen LogP contribution in [0.15, 0.2) is 12.7 Å². The number of hydrogen-bond acceptors (Lipinski definition) is 2.